The van der Waals surface area contributed by atoms with E-state index in [-0.39, 0.29) is 10.1 Å². The summed E-state index contributed by atoms with van der Waals surface area (Å²) in [5, 5.41) is 9.17. The number of sulfonamides is 1. The molecule has 2 rings (SSSR count). The predicted molar refractivity (Wildman–Crippen MR) is 76.2 cm³/mol. The van der Waals surface area contributed by atoms with Gasteiger partial charge in [0.25, 0.3) is 5.91 Å². The third-order valence-corrected chi connectivity index (χ3v) is 5.55. The third kappa shape index (κ3) is 4.27. The second-order valence-electron chi connectivity index (χ2n) is 4.73. The smallest absolute Gasteiger partial charge is 0.252 e. The zero-order valence-corrected chi connectivity index (χ0v) is 12.6. The van der Waals surface area contributed by atoms with Gasteiger partial charge < -0.3 is 10.1 Å². The highest BCUT2D eigenvalue weighted by molar-refractivity contribution is 7.91. The first kappa shape index (κ1) is 15.4. The molecule has 0 bridgehead atoms. The number of nitrogens with two attached hydrogens (primary N) is 1. The summed E-state index contributed by atoms with van der Waals surface area (Å²) in [6.45, 7) is 0.887. The van der Waals surface area contributed by atoms with E-state index >= 15 is 0 Å². The van der Waals surface area contributed by atoms with Gasteiger partial charge in [0, 0.05) is 11.9 Å². The molecule has 0 atom stereocenters. The second kappa shape index (κ2) is 6.66. The first-order chi connectivity index (χ1) is 9.47. The minimum Gasteiger partial charge on any atom is -0.376 e. The lowest BCUT2D eigenvalue weighted by Gasteiger charge is -2.11. The van der Waals surface area contributed by atoms with Crippen LogP contribution in [-0.4, -0.2) is 33.6 Å². The van der Waals surface area contributed by atoms with Gasteiger partial charge in [0.05, 0.1) is 18.3 Å². The molecule has 0 spiro atoms. The highest BCUT2D eigenvalue weighted by Gasteiger charge is 2.16. The van der Waals surface area contributed by atoms with Gasteiger partial charge in [-0.15, -0.1) is 11.3 Å². The van der Waals surface area contributed by atoms with E-state index < -0.39 is 10.0 Å². The number of hydrogen-bond acceptors (Lipinski definition) is 5. The van der Waals surface area contributed by atoms with E-state index in [2.05, 4.69) is 5.32 Å². The van der Waals surface area contributed by atoms with Crippen LogP contribution in [0.3, 0.4) is 0 Å². The molecule has 6 nitrogen and oxygen atoms in total. The summed E-state index contributed by atoms with van der Waals surface area (Å²) in [7, 11) is -3.74. The Morgan fingerprint density at radius 1 is 1.45 bits per heavy atom. The van der Waals surface area contributed by atoms with Crippen LogP contribution in [0.5, 0.6) is 0 Å². The van der Waals surface area contributed by atoms with Gasteiger partial charge in [0.2, 0.25) is 10.0 Å². The Kier molecular flexibility index (Phi) is 5.14. The number of thiophene rings is 1. The molecule has 1 fully saturated rings. The molecule has 0 radical (unpaired) electrons. The van der Waals surface area contributed by atoms with E-state index in [1.54, 1.807) is 0 Å². The summed E-state index contributed by atoms with van der Waals surface area (Å²) in [6, 6.07) is 1.28. The average molecular weight is 318 g/mol. The van der Waals surface area contributed by atoms with Gasteiger partial charge in [-0.3, -0.25) is 4.79 Å². The van der Waals surface area contributed by atoms with Gasteiger partial charge in [-0.2, -0.15) is 0 Å². The second-order valence-corrected chi connectivity index (χ2v) is 7.43. The van der Waals surface area contributed by atoms with Crippen molar-refractivity contribution < 1.29 is 17.9 Å². The molecule has 0 unspecified atom stereocenters. The van der Waals surface area contributed by atoms with Crippen LogP contribution in [0, 0.1) is 0 Å². The van der Waals surface area contributed by atoms with Crippen LogP contribution < -0.4 is 10.5 Å². The largest absolute Gasteiger partial charge is 0.376 e. The van der Waals surface area contributed by atoms with Crippen LogP contribution in [0.2, 0.25) is 0 Å². The van der Waals surface area contributed by atoms with Gasteiger partial charge in [-0.1, -0.05) is 12.8 Å². The van der Waals surface area contributed by atoms with Gasteiger partial charge in [-0.25, -0.2) is 13.6 Å². The fourth-order valence-corrected chi connectivity index (χ4v) is 3.72. The highest BCUT2D eigenvalue weighted by Crippen LogP contribution is 2.20. The zero-order valence-electron chi connectivity index (χ0n) is 11.0. The maximum absolute atomic E-state index is 11.8. The van der Waals surface area contributed by atoms with Crippen LogP contribution in [0.4, 0.5) is 0 Å². The summed E-state index contributed by atoms with van der Waals surface area (Å²) < 4.78 is 27.8. The van der Waals surface area contributed by atoms with Crippen molar-refractivity contribution in [2.45, 2.75) is 36.0 Å². The third-order valence-electron chi connectivity index (χ3n) is 3.16. The quantitative estimate of drug-likeness (QED) is 0.767. The van der Waals surface area contributed by atoms with Crippen molar-refractivity contribution in [1.82, 2.24) is 5.32 Å². The summed E-state index contributed by atoms with van der Waals surface area (Å²) in [6.07, 6.45) is 4.93. The lowest BCUT2D eigenvalue weighted by atomic mass is 10.3. The minimum absolute atomic E-state index is 0.00939. The molecule has 1 amide bonds. The molecule has 0 saturated heterocycles. The van der Waals surface area contributed by atoms with Crippen molar-refractivity contribution in [2.75, 3.05) is 13.2 Å². The molecule has 112 valence electrons. The molecule has 3 N–H and O–H groups in total. The Morgan fingerprint density at radius 3 is 2.75 bits per heavy atom. The summed E-state index contributed by atoms with van der Waals surface area (Å²) in [5.41, 5.74) is 0.305. The summed E-state index contributed by atoms with van der Waals surface area (Å²) in [5.74, 6) is -0.314. The fraction of sp³-hybridized carbons (Fsp3) is 0.583. The van der Waals surface area contributed by atoms with Crippen molar-refractivity contribution in [3.63, 3.8) is 0 Å². The van der Waals surface area contributed by atoms with Crippen LogP contribution in [0.1, 0.15) is 36.0 Å². The van der Waals surface area contributed by atoms with Gasteiger partial charge in [-0.05, 0) is 18.9 Å². The molecular weight excluding hydrogens is 300 g/mol. The Hall–Kier alpha value is -0.960. The van der Waals surface area contributed by atoms with Gasteiger partial charge in [0.1, 0.15) is 4.21 Å². The SMILES string of the molecule is NS(=O)(=O)c1cc(C(=O)NCCOC2CCCC2)cs1. The maximum atomic E-state index is 11.8. The molecule has 1 aromatic heterocycles. The van der Waals surface area contributed by atoms with E-state index in [9.17, 15) is 13.2 Å². The lowest BCUT2D eigenvalue weighted by Crippen LogP contribution is -2.28. The number of amides is 1. The molecule has 1 aromatic rings. The zero-order chi connectivity index (χ0) is 14.6. The van der Waals surface area contributed by atoms with Crippen LogP contribution in [0.25, 0.3) is 0 Å². The number of carbonyl (C=O) groups is 1. The molecule has 1 heterocycles. The molecule has 0 aromatic carbocycles. The number of nitrogens with one attached hydrogen (secondary N) is 1. The van der Waals surface area contributed by atoms with E-state index in [0.717, 1.165) is 24.2 Å². The van der Waals surface area contributed by atoms with Crippen molar-refractivity contribution in [2.24, 2.45) is 5.14 Å². The van der Waals surface area contributed by atoms with Crippen LogP contribution in [-0.2, 0) is 14.8 Å². The van der Waals surface area contributed by atoms with Crippen LogP contribution >= 0.6 is 11.3 Å². The van der Waals surface area contributed by atoms with Crippen molar-refractivity contribution in [1.29, 1.82) is 0 Å². The number of carbonyl (C=O) groups excluding carboxylic acids is 1. The number of rotatable bonds is 6. The molecule has 0 aliphatic heterocycles. The molecular formula is C12H18N2O4S2. The normalized spacial score (nSPS) is 16.4. The molecule has 1 aliphatic rings. The number of primary sulfonamides is 1. The predicted octanol–water partition coefficient (Wildman–Crippen LogP) is 1.08. The maximum Gasteiger partial charge on any atom is 0.252 e. The van der Waals surface area contributed by atoms with Crippen molar-refractivity contribution in [3.05, 3.63) is 17.0 Å². The van der Waals surface area contributed by atoms with E-state index in [4.69, 9.17) is 9.88 Å². The first-order valence-electron chi connectivity index (χ1n) is 6.48. The minimum atomic E-state index is -3.74. The average Bonchev–Trinajstić information content (AvgIpc) is 3.04. The highest BCUT2D eigenvalue weighted by atomic mass is 32.2. The molecule has 1 saturated carbocycles. The Bertz CT molecular complexity index is 562. The van der Waals surface area contributed by atoms with E-state index in [1.807, 2.05) is 0 Å². The molecule has 8 heteroatoms. The Morgan fingerprint density at radius 2 is 2.15 bits per heavy atom. The van der Waals surface area contributed by atoms with Crippen LogP contribution in [0.15, 0.2) is 15.7 Å². The topological polar surface area (TPSA) is 98.5 Å². The Balaban J connectivity index is 1.75. The van der Waals surface area contributed by atoms with Crippen molar-refractivity contribution >= 4 is 27.3 Å². The molecule has 1 aliphatic carbocycles. The van der Waals surface area contributed by atoms with Gasteiger partial charge in [0.15, 0.2) is 0 Å². The van der Waals surface area contributed by atoms with Crippen molar-refractivity contribution in [3.8, 4) is 0 Å². The standard InChI is InChI=1S/C12H18N2O4S2/c13-20(16,17)11-7-9(8-19-11)12(15)14-5-6-18-10-3-1-2-4-10/h7-8,10H,1-6H2,(H,14,15)(H2,13,16,17). The summed E-state index contributed by atoms with van der Waals surface area (Å²) in [4.78, 5) is 11.8. The van der Waals surface area contributed by atoms with Gasteiger partial charge >= 0.3 is 0 Å². The fourth-order valence-electron chi connectivity index (χ4n) is 2.13. The number of hydrogen-bond donors (Lipinski definition) is 2. The van der Waals surface area contributed by atoms with E-state index in [0.29, 0.717) is 24.8 Å². The first-order valence-corrected chi connectivity index (χ1v) is 8.90. The molecule has 20 heavy (non-hydrogen) atoms. The number of ether oxygens (including phenoxy) is 1. The lowest BCUT2D eigenvalue weighted by molar-refractivity contribution is 0.0582. The van der Waals surface area contributed by atoms with E-state index in [1.165, 1.54) is 24.3 Å². The Labute approximate surface area is 122 Å². The monoisotopic (exact) mass is 318 g/mol. The summed E-state index contributed by atoms with van der Waals surface area (Å²) >= 11 is 0.939.